The second kappa shape index (κ2) is 7.26. The summed E-state index contributed by atoms with van der Waals surface area (Å²) in [5.41, 5.74) is 5.86. The zero-order chi connectivity index (χ0) is 16.1. The first-order valence-electron chi connectivity index (χ1n) is 8.23. The highest BCUT2D eigenvalue weighted by atomic mass is 15.3. The van der Waals surface area contributed by atoms with Crippen LogP contribution in [0.25, 0.3) is 0 Å². The summed E-state index contributed by atoms with van der Waals surface area (Å²) in [5, 5.41) is 7.56. The minimum Gasteiger partial charge on any atom is -0.370 e. The Balaban J connectivity index is 1.63. The zero-order valence-electron chi connectivity index (χ0n) is 13.5. The molecule has 1 fully saturated rings. The highest BCUT2D eigenvalue weighted by molar-refractivity contribution is 5.52. The zero-order valence-corrected chi connectivity index (χ0v) is 13.5. The molecule has 1 saturated heterocycles. The van der Waals surface area contributed by atoms with Crippen molar-refractivity contribution in [3.8, 4) is 0 Å². The lowest BCUT2D eigenvalue weighted by molar-refractivity contribution is 0.365. The van der Waals surface area contributed by atoms with Crippen LogP contribution in [-0.2, 0) is 0 Å². The van der Waals surface area contributed by atoms with E-state index in [1.165, 1.54) is 0 Å². The largest absolute Gasteiger partial charge is 0.370 e. The van der Waals surface area contributed by atoms with Gasteiger partial charge in [0.1, 0.15) is 24.3 Å². The Bertz CT molecular complexity index is 604. The monoisotopic (exact) mass is 316 g/mol. The maximum atomic E-state index is 5.86. The minimum atomic E-state index is 0.319. The van der Waals surface area contributed by atoms with Crippen molar-refractivity contribution in [2.75, 3.05) is 35.6 Å². The summed E-state index contributed by atoms with van der Waals surface area (Å²) in [7, 11) is 0. The van der Waals surface area contributed by atoms with Crippen molar-refractivity contribution >= 4 is 17.6 Å². The first kappa shape index (κ1) is 15.5. The van der Waals surface area contributed by atoms with Crippen molar-refractivity contribution < 1.29 is 0 Å². The first-order chi connectivity index (χ1) is 11.3. The molecule has 0 unspecified atom stereocenters. The van der Waals surface area contributed by atoms with Gasteiger partial charge in [0.25, 0.3) is 0 Å². The van der Waals surface area contributed by atoms with E-state index in [0.29, 0.717) is 12.0 Å². The summed E-state index contributed by atoms with van der Waals surface area (Å²) in [6, 6.07) is 2.40. The number of anilines is 3. The van der Waals surface area contributed by atoms with Crippen LogP contribution in [0.1, 0.15) is 38.6 Å². The van der Waals surface area contributed by atoms with Crippen molar-refractivity contribution in [2.24, 2.45) is 0 Å². The van der Waals surface area contributed by atoms with Crippen LogP contribution in [0.3, 0.4) is 0 Å². The Kier molecular flexibility index (Phi) is 4.89. The fourth-order valence-corrected chi connectivity index (χ4v) is 2.86. The van der Waals surface area contributed by atoms with E-state index in [1.54, 1.807) is 12.7 Å². The van der Waals surface area contributed by atoms with Gasteiger partial charge in [0.15, 0.2) is 0 Å². The number of nitrogens with zero attached hydrogens (tertiary/aromatic N) is 6. The number of aromatic nitrogens is 5. The molecule has 0 radical (unpaired) electrons. The molecule has 0 bridgehead atoms. The molecule has 1 aliphatic rings. The molecule has 0 amide bonds. The molecule has 2 aromatic rings. The summed E-state index contributed by atoms with van der Waals surface area (Å²) in [4.78, 5) is 14.9. The van der Waals surface area contributed by atoms with Gasteiger partial charge >= 0.3 is 0 Å². The van der Waals surface area contributed by atoms with E-state index in [9.17, 15) is 0 Å². The van der Waals surface area contributed by atoms with Gasteiger partial charge in [-0.25, -0.2) is 9.67 Å². The van der Waals surface area contributed by atoms with Gasteiger partial charge in [-0.15, -0.1) is 0 Å². The van der Waals surface area contributed by atoms with Gasteiger partial charge in [-0.3, -0.25) is 0 Å². The van der Waals surface area contributed by atoms with Crippen molar-refractivity contribution in [2.45, 2.75) is 38.6 Å². The molecule has 0 aliphatic carbocycles. The van der Waals surface area contributed by atoms with Gasteiger partial charge < -0.3 is 16.0 Å². The van der Waals surface area contributed by atoms with Crippen LogP contribution in [0.15, 0.2) is 18.7 Å². The maximum Gasteiger partial charge on any atom is 0.223 e. The SMILES string of the molecule is CCCCNc1cc(N2CCC(n3cncn3)CC2)nc(N)n1. The van der Waals surface area contributed by atoms with Crippen LogP contribution in [0, 0.1) is 0 Å². The lowest BCUT2D eigenvalue weighted by Crippen LogP contribution is -2.35. The second-order valence-corrected chi connectivity index (χ2v) is 5.84. The molecule has 0 aromatic carbocycles. The number of nitrogens with one attached hydrogen (secondary N) is 1. The summed E-state index contributed by atoms with van der Waals surface area (Å²) in [5.74, 6) is 2.02. The fraction of sp³-hybridized carbons (Fsp3) is 0.600. The minimum absolute atomic E-state index is 0.319. The molecule has 2 aromatic heterocycles. The van der Waals surface area contributed by atoms with Gasteiger partial charge in [-0.05, 0) is 19.3 Å². The summed E-state index contributed by atoms with van der Waals surface area (Å²) in [6.45, 7) is 4.92. The standard InChI is InChI=1S/C15H24N8/c1-2-3-6-18-13-9-14(21-15(16)20-13)22-7-4-12(5-8-22)23-11-17-10-19-23/h9-12H,2-8H2,1H3,(H3,16,18,20,21). The highest BCUT2D eigenvalue weighted by Gasteiger charge is 2.22. The third kappa shape index (κ3) is 3.88. The van der Waals surface area contributed by atoms with Crippen LogP contribution in [-0.4, -0.2) is 44.4 Å². The molecule has 0 atom stereocenters. The quantitative estimate of drug-likeness (QED) is 0.783. The molecule has 3 heterocycles. The van der Waals surface area contributed by atoms with Crippen LogP contribution < -0.4 is 16.0 Å². The van der Waals surface area contributed by atoms with Crippen LogP contribution in [0.4, 0.5) is 17.6 Å². The molecular formula is C15H24N8. The summed E-state index contributed by atoms with van der Waals surface area (Å²) < 4.78 is 1.95. The number of hydrogen-bond acceptors (Lipinski definition) is 7. The molecule has 124 valence electrons. The molecule has 1 aliphatic heterocycles. The van der Waals surface area contributed by atoms with Gasteiger partial charge in [0.05, 0.1) is 6.04 Å². The maximum absolute atomic E-state index is 5.86. The third-order valence-electron chi connectivity index (χ3n) is 4.17. The van der Waals surface area contributed by atoms with Gasteiger partial charge in [0.2, 0.25) is 5.95 Å². The molecule has 3 rings (SSSR count). The van der Waals surface area contributed by atoms with E-state index in [-0.39, 0.29) is 0 Å². The molecule has 0 saturated carbocycles. The van der Waals surface area contributed by atoms with E-state index in [0.717, 1.165) is 57.0 Å². The van der Waals surface area contributed by atoms with Crippen molar-refractivity contribution in [3.05, 3.63) is 18.7 Å². The molecular weight excluding hydrogens is 292 g/mol. The van der Waals surface area contributed by atoms with Gasteiger partial charge in [0, 0.05) is 25.7 Å². The second-order valence-electron chi connectivity index (χ2n) is 5.84. The molecule has 8 heteroatoms. The Morgan fingerprint density at radius 1 is 1.30 bits per heavy atom. The number of nitrogens with two attached hydrogens (primary N) is 1. The van der Waals surface area contributed by atoms with Crippen molar-refractivity contribution in [1.29, 1.82) is 0 Å². The van der Waals surface area contributed by atoms with Crippen molar-refractivity contribution in [3.63, 3.8) is 0 Å². The Hall–Kier alpha value is -2.38. The average Bonchev–Trinajstić information content (AvgIpc) is 3.09. The summed E-state index contributed by atoms with van der Waals surface area (Å²) >= 11 is 0. The van der Waals surface area contributed by atoms with E-state index in [1.807, 2.05) is 10.7 Å². The normalized spacial score (nSPS) is 15.8. The van der Waals surface area contributed by atoms with E-state index in [2.05, 4.69) is 37.2 Å². The smallest absolute Gasteiger partial charge is 0.223 e. The van der Waals surface area contributed by atoms with Crippen molar-refractivity contribution in [1.82, 2.24) is 24.7 Å². The fourth-order valence-electron chi connectivity index (χ4n) is 2.86. The number of piperidine rings is 1. The van der Waals surface area contributed by atoms with Crippen LogP contribution in [0.2, 0.25) is 0 Å². The lowest BCUT2D eigenvalue weighted by Gasteiger charge is -2.32. The van der Waals surface area contributed by atoms with E-state index >= 15 is 0 Å². The summed E-state index contributed by atoms with van der Waals surface area (Å²) in [6.07, 6.45) is 7.68. The average molecular weight is 316 g/mol. The Morgan fingerprint density at radius 2 is 2.13 bits per heavy atom. The topological polar surface area (TPSA) is 97.8 Å². The van der Waals surface area contributed by atoms with Gasteiger partial charge in [-0.1, -0.05) is 13.3 Å². The van der Waals surface area contributed by atoms with Crippen LogP contribution >= 0.6 is 0 Å². The molecule has 23 heavy (non-hydrogen) atoms. The Labute approximate surface area is 136 Å². The lowest BCUT2D eigenvalue weighted by atomic mass is 10.1. The number of rotatable bonds is 6. The number of unbranched alkanes of at least 4 members (excludes halogenated alkanes) is 1. The predicted molar refractivity (Wildman–Crippen MR) is 90.3 cm³/mol. The molecule has 8 nitrogen and oxygen atoms in total. The number of hydrogen-bond donors (Lipinski definition) is 2. The van der Waals surface area contributed by atoms with E-state index < -0.39 is 0 Å². The first-order valence-corrected chi connectivity index (χ1v) is 8.23. The highest BCUT2D eigenvalue weighted by Crippen LogP contribution is 2.26. The Morgan fingerprint density at radius 3 is 2.83 bits per heavy atom. The number of nitrogen functional groups attached to an aromatic ring is 1. The predicted octanol–water partition coefficient (Wildman–Crippen LogP) is 1.70. The molecule has 0 spiro atoms. The molecule has 3 N–H and O–H groups in total. The van der Waals surface area contributed by atoms with Crippen LogP contribution in [0.5, 0.6) is 0 Å². The van der Waals surface area contributed by atoms with E-state index in [4.69, 9.17) is 5.73 Å². The van der Waals surface area contributed by atoms with Gasteiger partial charge in [-0.2, -0.15) is 15.1 Å². The third-order valence-corrected chi connectivity index (χ3v) is 4.17.